The van der Waals surface area contributed by atoms with Crippen molar-refractivity contribution in [1.82, 2.24) is 0 Å². The number of hydrogen-bond donors (Lipinski definition) is 0. The summed E-state index contributed by atoms with van der Waals surface area (Å²) >= 11 is 0. The molecule has 3 aromatic carbocycles. The molecule has 0 fully saturated rings. The summed E-state index contributed by atoms with van der Waals surface area (Å²) < 4.78 is 0. The molecule has 3 aromatic rings. The van der Waals surface area contributed by atoms with Crippen LogP contribution in [0.15, 0.2) is 91.5 Å². The molecule has 0 N–H and O–H groups in total. The first-order valence-corrected chi connectivity index (χ1v) is 13.3. The number of rotatable bonds is 4. The zero-order valence-electron chi connectivity index (χ0n) is 17.9. The Kier molecular flexibility index (Phi) is 8.19. The molecular weight excluding hydrogens is 602 g/mol. The molecule has 0 amide bonds. The summed E-state index contributed by atoms with van der Waals surface area (Å²) in [7, 11) is -1.92. The first-order valence-electron chi connectivity index (χ1n) is 10.2. The van der Waals surface area contributed by atoms with E-state index < -0.39 is 8.07 Å². The first kappa shape index (κ1) is 26.1. The van der Waals surface area contributed by atoms with Crippen LogP contribution in [0.1, 0.15) is 34.2 Å². The van der Waals surface area contributed by atoms with Gasteiger partial charge < -0.3 is 24.8 Å². The van der Waals surface area contributed by atoms with Gasteiger partial charge in [0.15, 0.2) is 0 Å². The number of allylic oxidation sites excluding steroid dienone is 2. The van der Waals surface area contributed by atoms with Gasteiger partial charge in [-0.1, -0.05) is 104 Å². The number of halogens is 2. The Balaban J connectivity index is 0.00000114. The fraction of sp³-hybridized carbons (Fsp3) is 0.185. The third-order valence-electron chi connectivity index (χ3n) is 7.16. The van der Waals surface area contributed by atoms with E-state index in [1.165, 1.54) is 33.4 Å². The van der Waals surface area contributed by atoms with E-state index >= 15 is 0 Å². The molecule has 1 atom stereocenters. The van der Waals surface area contributed by atoms with Crippen molar-refractivity contribution in [2.75, 3.05) is 0 Å². The molecule has 0 aliphatic heterocycles. The maximum atomic E-state index is 4.16. The van der Waals surface area contributed by atoms with Gasteiger partial charge in [-0.2, -0.15) is 0 Å². The first-order chi connectivity index (χ1) is 13.6. The number of benzene rings is 3. The Hall–Kier alpha value is -1.19. The van der Waals surface area contributed by atoms with E-state index in [-0.39, 0.29) is 55.7 Å². The zero-order chi connectivity index (χ0) is 19.4. The standard InChI is InChI=1S/C27H26Si.2ClH.Hf/c1-4-18-27(19-17-20-11-5-10-16-25(20)27)28(2,3)26-23-14-8-6-12-21(23)22-13-7-9-15-24(22)26;;;/h4-17,19,26H,1,18H2,2-3H3;2*1H;/q;;;+4/p-2. The van der Waals surface area contributed by atoms with Gasteiger partial charge in [0.25, 0.3) is 0 Å². The Bertz CT molecular complexity index is 1080. The molecule has 4 heteroatoms. The third-order valence-corrected chi connectivity index (χ3v) is 12.2. The van der Waals surface area contributed by atoms with Crippen LogP contribution in [0.4, 0.5) is 0 Å². The predicted octanol–water partition coefficient (Wildman–Crippen LogP) is 1.13. The summed E-state index contributed by atoms with van der Waals surface area (Å²) in [4.78, 5) is 0. The van der Waals surface area contributed by atoms with E-state index in [2.05, 4.69) is 111 Å². The molecule has 0 radical (unpaired) electrons. The van der Waals surface area contributed by atoms with Crippen molar-refractivity contribution in [2.24, 2.45) is 0 Å². The van der Waals surface area contributed by atoms with Crippen LogP contribution in [0.2, 0.25) is 13.1 Å². The monoisotopic (exact) mass is 628 g/mol. The van der Waals surface area contributed by atoms with Crippen LogP contribution in [0, 0.1) is 0 Å². The minimum atomic E-state index is -1.92. The van der Waals surface area contributed by atoms with Crippen molar-refractivity contribution < 1.29 is 50.7 Å². The van der Waals surface area contributed by atoms with Gasteiger partial charge >= 0.3 is 25.8 Å². The number of fused-ring (bicyclic) bond motifs is 4. The van der Waals surface area contributed by atoms with Gasteiger partial charge in [0.1, 0.15) is 0 Å². The second-order valence-electron chi connectivity index (χ2n) is 8.71. The second-order valence-corrected chi connectivity index (χ2v) is 13.6. The van der Waals surface area contributed by atoms with Gasteiger partial charge in [0, 0.05) is 10.6 Å². The van der Waals surface area contributed by atoms with Crippen molar-refractivity contribution in [3.05, 3.63) is 114 Å². The minimum Gasteiger partial charge on any atom is -1.00 e. The molecule has 5 rings (SSSR count). The molecular formula is C27H26Cl2HfSi+2. The average Bonchev–Trinajstić information content (AvgIpc) is 3.26. The quantitative estimate of drug-likeness (QED) is 0.301. The Morgan fingerprint density at radius 2 is 1.35 bits per heavy atom. The van der Waals surface area contributed by atoms with Gasteiger partial charge in [-0.15, -0.1) is 6.58 Å². The Morgan fingerprint density at radius 3 is 1.94 bits per heavy atom. The Morgan fingerprint density at radius 1 is 0.839 bits per heavy atom. The summed E-state index contributed by atoms with van der Waals surface area (Å²) in [6.07, 6.45) is 7.99. The van der Waals surface area contributed by atoms with Crippen LogP contribution < -0.4 is 24.8 Å². The summed E-state index contributed by atoms with van der Waals surface area (Å²) in [6.45, 7) is 9.34. The number of hydrogen-bond acceptors (Lipinski definition) is 0. The molecule has 2 aliphatic rings. The molecule has 154 valence electrons. The van der Waals surface area contributed by atoms with Crippen LogP contribution in [0.5, 0.6) is 0 Å². The zero-order valence-corrected chi connectivity index (χ0v) is 24.0. The molecule has 2 aliphatic carbocycles. The van der Waals surface area contributed by atoms with Crippen LogP contribution in [0.3, 0.4) is 0 Å². The molecule has 1 unspecified atom stereocenters. The van der Waals surface area contributed by atoms with Crippen LogP contribution in [-0.2, 0) is 30.9 Å². The third kappa shape index (κ3) is 3.70. The topological polar surface area (TPSA) is 0 Å². The van der Waals surface area contributed by atoms with Gasteiger partial charge in [-0.3, -0.25) is 0 Å². The fourth-order valence-corrected chi connectivity index (χ4v) is 10.5. The van der Waals surface area contributed by atoms with Crippen molar-refractivity contribution in [2.45, 2.75) is 30.1 Å². The predicted molar refractivity (Wildman–Crippen MR) is 123 cm³/mol. The van der Waals surface area contributed by atoms with E-state index in [1.807, 2.05) is 0 Å². The molecule has 0 saturated carbocycles. The minimum absolute atomic E-state index is 0. The smallest absolute Gasteiger partial charge is 1.00 e. The second kappa shape index (κ2) is 9.75. The van der Waals surface area contributed by atoms with E-state index in [0.29, 0.717) is 5.54 Å². The summed E-state index contributed by atoms with van der Waals surface area (Å²) in [5.41, 5.74) is 9.23. The van der Waals surface area contributed by atoms with Crippen LogP contribution in [-0.4, -0.2) is 8.07 Å². The maximum Gasteiger partial charge on any atom is 4.00 e. The van der Waals surface area contributed by atoms with E-state index in [1.54, 1.807) is 0 Å². The average molecular weight is 628 g/mol. The van der Waals surface area contributed by atoms with Crippen molar-refractivity contribution in [3.8, 4) is 11.1 Å². The van der Waals surface area contributed by atoms with Gasteiger partial charge in [0.2, 0.25) is 0 Å². The molecule has 31 heavy (non-hydrogen) atoms. The SMILES string of the molecule is C=CCC1([Si](C)(C)C2c3ccccc3-c3ccccc32)C=Cc2ccccc21.[Cl-].[Cl-].[Hf+4]. The largest absolute Gasteiger partial charge is 4.00 e. The van der Waals surface area contributed by atoms with Gasteiger partial charge in [-0.25, -0.2) is 0 Å². The van der Waals surface area contributed by atoms with Crippen LogP contribution >= 0.6 is 0 Å². The molecule has 0 heterocycles. The normalized spacial score (nSPS) is 18.0. The van der Waals surface area contributed by atoms with E-state index in [9.17, 15) is 0 Å². The Labute approximate surface area is 218 Å². The van der Waals surface area contributed by atoms with E-state index in [0.717, 1.165) is 6.42 Å². The van der Waals surface area contributed by atoms with Crippen molar-refractivity contribution in [3.63, 3.8) is 0 Å². The summed E-state index contributed by atoms with van der Waals surface area (Å²) in [5, 5.41) is 0.0700. The van der Waals surface area contributed by atoms with Crippen molar-refractivity contribution >= 4 is 14.1 Å². The van der Waals surface area contributed by atoms with Gasteiger partial charge in [0.05, 0.1) is 8.07 Å². The summed E-state index contributed by atoms with van der Waals surface area (Å²) in [6, 6.07) is 27.1. The summed E-state index contributed by atoms with van der Waals surface area (Å²) in [5.74, 6) is 0. The molecule has 0 bridgehead atoms. The van der Waals surface area contributed by atoms with Gasteiger partial charge in [-0.05, 0) is 39.8 Å². The molecule has 0 saturated heterocycles. The van der Waals surface area contributed by atoms with E-state index in [4.69, 9.17) is 0 Å². The molecule has 0 spiro atoms. The van der Waals surface area contributed by atoms with Crippen molar-refractivity contribution in [1.29, 1.82) is 0 Å². The molecule has 0 aromatic heterocycles. The molecule has 0 nitrogen and oxygen atoms in total. The maximum absolute atomic E-state index is 4.16. The fourth-order valence-electron chi connectivity index (χ4n) is 5.79. The van der Waals surface area contributed by atoms with Crippen LogP contribution in [0.25, 0.3) is 17.2 Å².